The lowest BCUT2D eigenvalue weighted by Gasteiger charge is -2.01. The van der Waals surface area contributed by atoms with E-state index in [-0.39, 0.29) is 0 Å². The Morgan fingerprint density at radius 1 is 0.867 bits per heavy atom. The fraction of sp³-hybridized carbons (Fsp3) is 0.923. The summed E-state index contributed by atoms with van der Waals surface area (Å²) in [6.07, 6.45) is 11.6. The second-order valence-electron chi connectivity index (χ2n) is 4.00. The van der Waals surface area contributed by atoms with E-state index < -0.39 is 0 Å². The highest BCUT2D eigenvalue weighted by molar-refractivity contribution is 7.99. The zero-order valence-corrected chi connectivity index (χ0v) is 11.0. The highest BCUT2D eigenvalue weighted by Crippen LogP contribution is 2.11. The van der Waals surface area contributed by atoms with Gasteiger partial charge < -0.3 is 0 Å². The fourth-order valence-electron chi connectivity index (χ4n) is 1.52. The summed E-state index contributed by atoms with van der Waals surface area (Å²) in [6.45, 7) is 2.26. The molecule has 0 aromatic carbocycles. The molecule has 0 saturated heterocycles. The smallest absolute Gasteiger partial charge is 0.0622 e. The number of hydrogen-bond acceptors (Lipinski definition) is 2. The summed E-state index contributed by atoms with van der Waals surface area (Å²) >= 11 is 2.01. The molecule has 0 aromatic rings. The maximum absolute atomic E-state index is 8.35. The van der Waals surface area contributed by atoms with Crippen molar-refractivity contribution in [3.05, 3.63) is 0 Å². The molecule has 0 atom stereocenters. The minimum absolute atomic E-state index is 0.726. The normalized spacial score (nSPS) is 10.1. The molecule has 2 heteroatoms. The van der Waals surface area contributed by atoms with Gasteiger partial charge >= 0.3 is 0 Å². The van der Waals surface area contributed by atoms with Gasteiger partial charge in [-0.1, -0.05) is 45.4 Å². The molecular formula is C13H25NS. The molecule has 0 N–H and O–H groups in total. The van der Waals surface area contributed by atoms with Crippen LogP contribution >= 0.6 is 11.8 Å². The number of nitriles is 1. The van der Waals surface area contributed by atoms with E-state index in [0.717, 1.165) is 12.8 Å². The minimum atomic E-state index is 0.726. The van der Waals surface area contributed by atoms with Gasteiger partial charge in [0.1, 0.15) is 0 Å². The molecule has 0 aliphatic carbocycles. The van der Waals surface area contributed by atoms with Crippen molar-refractivity contribution in [3.63, 3.8) is 0 Å². The van der Waals surface area contributed by atoms with Crippen LogP contribution in [0.2, 0.25) is 0 Å². The Morgan fingerprint density at radius 2 is 1.47 bits per heavy atom. The van der Waals surface area contributed by atoms with Gasteiger partial charge in [-0.05, 0) is 24.3 Å². The van der Waals surface area contributed by atoms with Crippen molar-refractivity contribution in [2.75, 3.05) is 11.5 Å². The zero-order chi connectivity index (χ0) is 11.2. The molecule has 0 rings (SSSR count). The standard InChI is InChI=1S/C13H25NS/c1-2-3-4-5-6-7-9-12-15-13-10-8-11-14/h2-10,12-13H2,1H3. The molecule has 0 unspecified atom stereocenters. The van der Waals surface area contributed by atoms with Gasteiger partial charge in [0.2, 0.25) is 0 Å². The maximum atomic E-state index is 8.35. The minimum Gasteiger partial charge on any atom is -0.198 e. The monoisotopic (exact) mass is 227 g/mol. The predicted molar refractivity (Wildman–Crippen MR) is 70.2 cm³/mol. The van der Waals surface area contributed by atoms with Gasteiger partial charge in [0.15, 0.2) is 0 Å². The highest BCUT2D eigenvalue weighted by atomic mass is 32.2. The molecular weight excluding hydrogens is 202 g/mol. The number of thioether (sulfide) groups is 1. The molecule has 88 valence electrons. The van der Waals surface area contributed by atoms with Gasteiger partial charge in [-0.3, -0.25) is 0 Å². The Labute approximate surface area is 99.6 Å². The Balaban J connectivity index is 2.84. The lowest BCUT2D eigenvalue weighted by Crippen LogP contribution is -1.85. The summed E-state index contributed by atoms with van der Waals surface area (Å²) in [4.78, 5) is 0. The van der Waals surface area contributed by atoms with Crippen LogP contribution in [0.1, 0.15) is 64.7 Å². The van der Waals surface area contributed by atoms with E-state index in [2.05, 4.69) is 13.0 Å². The molecule has 0 spiro atoms. The third-order valence-corrected chi connectivity index (χ3v) is 3.62. The van der Waals surface area contributed by atoms with Crippen LogP contribution in [0.3, 0.4) is 0 Å². The van der Waals surface area contributed by atoms with Crippen molar-refractivity contribution >= 4 is 11.8 Å². The van der Waals surface area contributed by atoms with E-state index >= 15 is 0 Å². The molecule has 0 radical (unpaired) electrons. The molecule has 1 nitrogen and oxygen atoms in total. The van der Waals surface area contributed by atoms with Crippen LogP contribution in [-0.4, -0.2) is 11.5 Å². The van der Waals surface area contributed by atoms with E-state index in [1.54, 1.807) is 0 Å². The van der Waals surface area contributed by atoms with Crippen molar-refractivity contribution in [1.29, 1.82) is 5.26 Å². The number of unbranched alkanes of at least 4 members (excludes halogenated alkanes) is 7. The number of rotatable bonds is 11. The van der Waals surface area contributed by atoms with Gasteiger partial charge in [0.25, 0.3) is 0 Å². The molecule has 0 aromatic heterocycles. The van der Waals surface area contributed by atoms with Crippen molar-refractivity contribution in [2.24, 2.45) is 0 Å². The van der Waals surface area contributed by atoms with Crippen LogP contribution in [-0.2, 0) is 0 Å². The van der Waals surface area contributed by atoms with Crippen LogP contribution in [0.4, 0.5) is 0 Å². The molecule has 0 aliphatic rings. The lowest BCUT2D eigenvalue weighted by molar-refractivity contribution is 0.603. The predicted octanol–water partition coefficient (Wildman–Crippen LogP) is 4.77. The van der Waals surface area contributed by atoms with Crippen molar-refractivity contribution in [2.45, 2.75) is 64.7 Å². The summed E-state index contributed by atoms with van der Waals surface area (Å²) in [5.74, 6) is 2.46. The fourth-order valence-corrected chi connectivity index (χ4v) is 2.48. The van der Waals surface area contributed by atoms with E-state index in [9.17, 15) is 0 Å². The Bertz CT molecular complexity index is 151. The largest absolute Gasteiger partial charge is 0.198 e. The average molecular weight is 227 g/mol. The molecule has 0 heterocycles. The van der Waals surface area contributed by atoms with E-state index in [0.29, 0.717) is 0 Å². The molecule has 15 heavy (non-hydrogen) atoms. The summed E-state index contributed by atoms with van der Waals surface area (Å²) in [5.41, 5.74) is 0. The van der Waals surface area contributed by atoms with Gasteiger partial charge in [-0.2, -0.15) is 17.0 Å². The van der Waals surface area contributed by atoms with Crippen LogP contribution < -0.4 is 0 Å². The van der Waals surface area contributed by atoms with Gasteiger partial charge in [0.05, 0.1) is 6.07 Å². The van der Waals surface area contributed by atoms with Crippen LogP contribution in [0.25, 0.3) is 0 Å². The quantitative estimate of drug-likeness (QED) is 0.475. The molecule has 0 aliphatic heterocycles. The highest BCUT2D eigenvalue weighted by Gasteiger charge is 1.92. The van der Waals surface area contributed by atoms with Gasteiger partial charge in [-0.15, -0.1) is 0 Å². The first-order valence-corrected chi connectivity index (χ1v) is 7.52. The number of hydrogen-bond donors (Lipinski definition) is 0. The van der Waals surface area contributed by atoms with E-state index in [1.165, 1.54) is 56.5 Å². The SMILES string of the molecule is CCCCCCCCCSCCCC#N. The van der Waals surface area contributed by atoms with Gasteiger partial charge in [-0.25, -0.2) is 0 Å². The molecule has 0 fully saturated rings. The zero-order valence-electron chi connectivity index (χ0n) is 10.1. The van der Waals surface area contributed by atoms with Crippen LogP contribution in [0.15, 0.2) is 0 Å². The van der Waals surface area contributed by atoms with Crippen LogP contribution in [0, 0.1) is 11.3 Å². The first-order valence-electron chi connectivity index (χ1n) is 6.36. The summed E-state index contributed by atoms with van der Waals surface area (Å²) in [7, 11) is 0. The van der Waals surface area contributed by atoms with E-state index in [4.69, 9.17) is 5.26 Å². The number of nitrogens with zero attached hydrogens (tertiary/aromatic N) is 1. The molecule has 0 saturated carbocycles. The van der Waals surface area contributed by atoms with Crippen molar-refractivity contribution in [1.82, 2.24) is 0 Å². The average Bonchev–Trinajstić information content (AvgIpc) is 2.26. The van der Waals surface area contributed by atoms with Crippen molar-refractivity contribution < 1.29 is 0 Å². The van der Waals surface area contributed by atoms with Crippen LogP contribution in [0.5, 0.6) is 0 Å². The lowest BCUT2D eigenvalue weighted by atomic mass is 10.1. The third kappa shape index (κ3) is 13.8. The molecule has 0 bridgehead atoms. The first-order chi connectivity index (χ1) is 7.41. The second kappa shape index (κ2) is 13.8. The Hall–Kier alpha value is -0.160. The summed E-state index contributed by atoms with van der Waals surface area (Å²) in [6, 6.07) is 2.19. The van der Waals surface area contributed by atoms with Crippen molar-refractivity contribution in [3.8, 4) is 6.07 Å². The third-order valence-electron chi connectivity index (χ3n) is 2.47. The summed E-state index contributed by atoms with van der Waals surface area (Å²) in [5, 5.41) is 8.35. The van der Waals surface area contributed by atoms with E-state index in [1.807, 2.05) is 11.8 Å². The maximum Gasteiger partial charge on any atom is 0.0622 e. The first kappa shape index (κ1) is 14.8. The Morgan fingerprint density at radius 3 is 2.13 bits per heavy atom. The topological polar surface area (TPSA) is 23.8 Å². The summed E-state index contributed by atoms with van der Waals surface area (Å²) < 4.78 is 0. The Kier molecular flexibility index (Phi) is 13.7. The second-order valence-corrected chi connectivity index (χ2v) is 5.22. The molecule has 0 amide bonds. The van der Waals surface area contributed by atoms with Gasteiger partial charge in [0, 0.05) is 6.42 Å².